The summed E-state index contributed by atoms with van der Waals surface area (Å²) in [5, 5.41) is 3.21. The smallest absolute Gasteiger partial charge is 0.408 e. The number of nitrogens with one attached hydrogen (secondary N) is 1. The van der Waals surface area contributed by atoms with Gasteiger partial charge in [-0.25, -0.2) is 4.79 Å². The Morgan fingerprint density at radius 3 is 2.57 bits per heavy atom. The molecule has 0 atom stereocenters. The van der Waals surface area contributed by atoms with Crippen molar-refractivity contribution >= 4 is 35.0 Å². The molecule has 2 aromatic carbocycles. The van der Waals surface area contributed by atoms with Crippen LogP contribution in [0.15, 0.2) is 48.5 Å². The highest BCUT2D eigenvalue weighted by molar-refractivity contribution is 6.30. The minimum absolute atomic E-state index is 0.0409. The minimum Gasteiger partial charge on any atom is -0.408 e. The van der Waals surface area contributed by atoms with E-state index in [1.807, 2.05) is 6.07 Å². The molecular weight excluding hydrogens is 316 g/mol. The van der Waals surface area contributed by atoms with Gasteiger partial charge in [-0.15, -0.1) is 0 Å². The summed E-state index contributed by atoms with van der Waals surface area (Å²) < 4.78 is 5.36. The summed E-state index contributed by atoms with van der Waals surface area (Å²) in [5.74, 6) is 0.397. The predicted molar refractivity (Wildman–Crippen MR) is 89.1 cm³/mol. The van der Waals surface area contributed by atoms with Crippen LogP contribution in [-0.2, 0) is 4.79 Å². The second-order valence-electron chi connectivity index (χ2n) is 5.14. The number of ether oxygens (including phenoxy) is 1. The molecule has 5 nitrogen and oxygen atoms in total. The number of amides is 2. The monoisotopic (exact) mass is 330 g/mol. The standard InChI is InChI=1S/C17H15ClN2O3/c18-12-7-9-13(10-8-12)19-17(22)23-15-5-2-1-4-14(15)20-11-3-6-16(20)21/h1-2,4-5,7-10H,3,6,11H2,(H,19,22). The third-order valence-corrected chi connectivity index (χ3v) is 3.77. The second-order valence-corrected chi connectivity index (χ2v) is 5.57. The van der Waals surface area contributed by atoms with Crippen LogP contribution in [0.3, 0.4) is 0 Å². The molecule has 2 aromatic rings. The van der Waals surface area contributed by atoms with E-state index < -0.39 is 6.09 Å². The molecule has 0 bridgehead atoms. The van der Waals surface area contributed by atoms with Gasteiger partial charge in [0.1, 0.15) is 0 Å². The molecule has 2 amide bonds. The van der Waals surface area contributed by atoms with Gasteiger partial charge < -0.3 is 9.64 Å². The van der Waals surface area contributed by atoms with Crippen molar-refractivity contribution in [2.75, 3.05) is 16.8 Å². The van der Waals surface area contributed by atoms with E-state index in [4.69, 9.17) is 16.3 Å². The summed E-state index contributed by atoms with van der Waals surface area (Å²) in [5.41, 5.74) is 1.19. The summed E-state index contributed by atoms with van der Waals surface area (Å²) in [6.07, 6.45) is 0.710. The van der Waals surface area contributed by atoms with Gasteiger partial charge in [-0.05, 0) is 42.8 Å². The molecule has 1 saturated heterocycles. The normalized spacial score (nSPS) is 14.0. The number of hydrogen-bond acceptors (Lipinski definition) is 3. The van der Waals surface area contributed by atoms with Crippen LogP contribution in [0.2, 0.25) is 5.02 Å². The van der Waals surface area contributed by atoms with E-state index in [9.17, 15) is 9.59 Å². The van der Waals surface area contributed by atoms with Crippen LogP contribution < -0.4 is 15.0 Å². The Morgan fingerprint density at radius 1 is 1.13 bits per heavy atom. The van der Waals surface area contributed by atoms with E-state index in [0.717, 1.165) is 6.42 Å². The van der Waals surface area contributed by atoms with Crippen LogP contribution in [0.25, 0.3) is 0 Å². The van der Waals surface area contributed by atoms with Gasteiger partial charge in [0.2, 0.25) is 5.91 Å². The van der Waals surface area contributed by atoms with Gasteiger partial charge in [0, 0.05) is 23.7 Å². The first-order valence-electron chi connectivity index (χ1n) is 7.27. The van der Waals surface area contributed by atoms with Gasteiger partial charge in [-0.1, -0.05) is 23.7 Å². The SMILES string of the molecule is O=C(Nc1ccc(Cl)cc1)Oc1ccccc1N1CCCC1=O. The Labute approximate surface area is 138 Å². The van der Waals surface area contributed by atoms with Gasteiger partial charge in [-0.2, -0.15) is 0 Å². The maximum atomic E-state index is 12.0. The quantitative estimate of drug-likeness (QED) is 0.922. The zero-order valence-corrected chi connectivity index (χ0v) is 13.0. The summed E-state index contributed by atoms with van der Waals surface area (Å²) in [6.45, 7) is 0.637. The van der Waals surface area contributed by atoms with E-state index in [1.165, 1.54) is 0 Å². The van der Waals surface area contributed by atoms with Gasteiger partial charge in [0.15, 0.2) is 5.75 Å². The number of carbonyl (C=O) groups excluding carboxylic acids is 2. The Hall–Kier alpha value is -2.53. The lowest BCUT2D eigenvalue weighted by molar-refractivity contribution is -0.117. The number of anilines is 2. The Bertz CT molecular complexity index is 731. The van der Waals surface area contributed by atoms with E-state index in [2.05, 4.69) is 5.32 Å². The van der Waals surface area contributed by atoms with Crippen molar-refractivity contribution in [2.24, 2.45) is 0 Å². The first kappa shape index (κ1) is 15.4. The number of benzene rings is 2. The van der Waals surface area contributed by atoms with E-state index >= 15 is 0 Å². The topological polar surface area (TPSA) is 58.6 Å². The average molecular weight is 331 g/mol. The van der Waals surface area contributed by atoms with Gasteiger partial charge in [0.25, 0.3) is 0 Å². The first-order chi connectivity index (χ1) is 11.1. The molecule has 23 heavy (non-hydrogen) atoms. The molecule has 0 aromatic heterocycles. The molecule has 118 valence electrons. The van der Waals surface area contributed by atoms with Crippen molar-refractivity contribution < 1.29 is 14.3 Å². The molecule has 0 unspecified atom stereocenters. The van der Waals surface area contributed by atoms with Crippen molar-refractivity contribution in [2.45, 2.75) is 12.8 Å². The molecule has 0 spiro atoms. The number of halogens is 1. The fraction of sp³-hybridized carbons (Fsp3) is 0.176. The molecule has 1 aliphatic rings. The molecular formula is C17H15ClN2O3. The number of nitrogens with zero attached hydrogens (tertiary/aromatic N) is 1. The van der Waals surface area contributed by atoms with Crippen LogP contribution in [0, 0.1) is 0 Å². The van der Waals surface area contributed by atoms with Gasteiger partial charge >= 0.3 is 6.09 Å². The lowest BCUT2D eigenvalue weighted by Crippen LogP contribution is -2.25. The summed E-state index contributed by atoms with van der Waals surface area (Å²) in [4.78, 5) is 25.6. The zero-order valence-electron chi connectivity index (χ0n) is 12.3. The Morgan fingerprint density at radius 2 is 1.87 bits per heavy atom. The second kappa shape index (κ2) is 6.71. The number of carbonyl (C=O) groups is 2. The van der Waals surface area contributed by atoms with Crippen LogP contribution in [0.1, 0.15) is 12.8 Å². The summed E-state index contributed by atoms with van der Waals surface area (Å²) >= 11 is 5.80. The van der Waals surface area contributed by atoms with Crippen LogP contribution in [-0.4, -0.2) is 18.5 Å². The highest BCUT2D eigenvalue weighted by Gasteiger charge is 2.25. The van der Waals surface area contributed by atoms with Crippen LogP contribution >= 0.6 is 11.6 Å². The van der Waals surface area contributed by atoms with Gasteiger partial charge in [-0.3, -0.25) is 10.1 Å². The van der Waals surface area contributed by atoms with E-state index in [-0.39, 0.29) is 5.91 Å². The fourth-order valence-corrected chi connectivity index (χ4v) is 2.57. The van der Waals surface area contributed by atoms with Crippen molar-refractivity contribution in [1.82, 2.24) is 0 Å². The summed E-state index contributed by atoms with van der Waals surface area (Å²) in [6, 6.07) is 13.7. The molecule has 1 fully saturated rings. The van der Waals surface area contributed by atoms with Crippen molar-refractivity contribution in [1.29, 1.82) is 0 Å². The Kier molecular flexibility index (Phi) is 4.48. The molecule has 1 aliphatic heterocycles. The lowest BCUT2D eigenvalue weighted by Gasteiger charge is -2.19. The highest BCUT2D eigenvalue weighted by atomic mass is 35.5. The van der Waals surface area contributed by atoms with Crippen molar-refractivity contribution in [3.8, 4) is 5.75 Å². The number of hydrogen-bond donors (Lipinski definition) is 1. The van der Waals surface area contributed by atoms with E-state index in [1.54, 1.807) is 47.4 Å². The zero-order chi connectivity index (χ0) is 16.2. The maximum Gasteiger partial charge on any atom is 0.417 e. The molecule has 0 saturated carbocycles. The highest BCUT2D eigenvalue weighted by Crippen LogP contribution is 2.31. The third kappa shape index (κ3) is 3.63. The van der Waals surface area contributed by atoms with E-state index in [0.29, 0.717) is 35.1 Å². The van der Waals surface area contributed by atoms with Crippen molar-refractivity contribution in [3.05, 3.63) is 53.6 Å². The van der Waals surface area contributed by atoms with Crippen LogP contribution in [0.5, 0.6) is 5.75 Å². The average Bonchev–Trinajstić information content (AvgIpc) is 2.96. The fourth-order valence-electron chi connectivity index (χ4n) is 2.45. The maximum absolute atomic E-state index is 12.0. The predicted octanol–water partition coefficient (Wildman–Crippen LogP) is 4.08. The molecule has 3 rings (SSSR count). The third-order valence-electron chi connectivity index (χ3n) is 3.52. The molecule has 0 radical (unpaired) electrons. The summed E-state index contributed by atoms with van der Waals surface area (Å²) in [7, 11) is 0. The minimum atomic E-state index is -0.619. The number of para-hydroxylation sites is 2. The molecule has 6 heteroatoms. The largest absolute Gasteiger partial charge is 0.417 e. The van der Waals surface area contributed by atoms with Crippen LogP contribution in [0.4, 0.5) is 16.2 Å². The lowest BCUT2D eigenvalue weighted by atomic mass is 10.2. The first-order valence-corrected chi connectivity index (χ1v) is 7.65. The molecule has 1 heterocycles. The Balaban J connectivity index is 1.73. The number of rotatable bonds is 3. The van der Waals surface area contributed by atoms with Crippen molar-refractivity contribution in [3.63, 3.8) is 0 Å². The molecule has 0 aliphatic carbocycles. The molecule has 1 N–H and O–H groups in total. The van der Waals surface area contributed by atoms with Gasteiger partial charge in [0.05, 0.1) is 5.69 Å².